The molecule has 2 aromatic rings. The molecule has 0 aliphatic heterocycles. The molecule has 0 aliphatic carbocycles. The van der Waals surface area contributed by atoms with E-state index in [1.54, 1.807) is 0 Å². The van der Waals surface area contributed by atoms with Crippen LogP contribution in [0.2, 0.25) is 0 Å². The zero-order valence-electron chi connectivity index (χ0n) is 11.0. The third kappa shape index (κ3) is 3.49. The molecule has 0 heterocycles. The lowest BCUT2D eigenvalue weighted by molar-refractivity contribution is 0.342. The molecule has 0 radical (unpaired) electrons. The van der Waals surface area contributed by atoms with E-state index >= 15 is 0 Å². The molecule has 0 bridgehead atoms. The first-order chi connectivity index (χ1) is 9.61. The maximum absolute atomic E-state index is 5.76. The zero-order chi connectivity index (χ0) is 14.5. The van der Waals surface area contributed by atoms with Crippen LogP contribution in [0, 0.1) is 0 Å². The number of nitrogens with one attached hydrogen (secondary N) is 1. The third-order valence-electron chi connectivity index (χ3n) is 2.70. The van der Waals surface area contributed by atoms with Gasteiger partial charge in [-0.25, -0.2) is 0 Å². The predicted molar refractivity (Wildman–Crippen MR) is 90.9 cm³/mol. The molecule has 2 aromatic carbocycles. The number of para-hydroxylation sites is 2. The average Bonchev–Trinajstić information content (AvgIpc) is 2.41. The number of rotatable bonds is 5. The maximum atomic E-state index is 5.76. The lowest BCUT2D eigenvalue weighted by atomic mass is 10.1. The van der Waals surface area contributed by atoms with E-state index in [9.17, 15) is 0 Å². The van der Waals surface area contributed by atoms with Crippen molar-refractivity contribution >= 4 is 44.5 Å². The summed E-state index contributed by atoms with van der Waals surface area (Å²) < 4.78 is 6.55. The Morgan fingerprint density at radius 3 is 2.70 bits per heavy atom. The summed E-state index contributed by atoms with van der Waals surface area (Å²) in [6.45, 7) is 2.57. The van der Waals surface area contributed by atoms with E-state index in [0.29, 0.717) is 11.6 Å². The van der Waals surface area contributed by atoms with Crippen molar-refractivity contribution < 1.29 is 4.74 Å². The number of anilines is 2. The zero-order valence-corrected chi connectivity index (χ0v) is 13.4. The first-order valence-electron chi connectivity index (χ1n) is 6.20. The molecule has 0 atom stereocenters. The van der Waals surface area contributed by atoms with Crippen LogP contribution in [0.3, 0.4) is 0 Å². The Bertz CT molecular complexity index is 631. The Morgan fingerprint density at radius 2 is 2.00 bits per heavy atom. The van der Waals surface area contributed by atoms with Crippen LogP contribution in [0.1, 0.15) is 12.5 Å². The molecule has 0 aliphatic rings. The quantitative estimate of drug-likeness (QED) is 0.792. The Labute approximate surface area is 132 Å². The molecule has 0 unspecified atom stereocenters. The van der Waals surface area contributed by atoms with Gasteiger partial charge in [-0.3, -0.25) is 0 Å². The van der Waals surface area contributed by atoms with Gasteiger partial charge >= 0.3 is 0 Å². The van der Waals surface area contributed by atoms with Gasteiger partial charge in [0.05, 0.1) is 12.3 Å². The van der Waals surface area contributed by atoms with Gasteiger partial charge in [-0.1, -0.05) is 40.3 Å². The molecule has 0 fully saturated rings. The smallest absolute Gasteiger partial charge is 0.142 e. The lowest BCUT2D eigenvalue weighted by Crippen LogP contribution is -2.12. The Hall–Kier alpha value is -1.59. The van der Waals surface area contributed by atoms with E-state index in [1.807, 2.05) is 49.4 Å². The van der Waals surface area contributed by atoms with Crippen LogP contribution in [0.5, 0.6) is 5.75 Å². The summed E-state index contributed by atoms with van der Waals surface area (Å²) in [5.74, 6) is 0.795. The first kappa shape index (κ1) is 14.8. The monoisotopic (exact) mass is 350 g/mol. The van der Waals surface area contributed by atoms with Crippen LogP contribution < -0.4 is 15.8 Å². The van der Waals surface area contributed by atoms with Gasteiger partial charge < -0.3 is 15.8 Å². The van der Waals surface area contributed by atoms with Crippen molar-refractivity contribution in [3.63, 3.8) is 0 Å². The maximum Gasteiger partial charge on any atom is 0.142 e. The minimum Gasteiger partial charge on any atom is -0.492 e. The summed E-state index contributed by atoms with van der Waals surface area (Å²) in [6.07, 6.45) is 0. The number of hydrogen-bond donors (Lipinski definition) is 2. The summed E-state index contributed by atoms with van der Waals surface area (Å²) in [5, 5.41) is 3.33. The number of benzene rings is 2. The summed E-state index contributed by atoms with van der Waals surface area (Å²) >= 11 is 8.54. The Morgan fingerprint density at radius 1 is 1.25 bits per heavy atom. The van der Waals surface area contributed by atoms with Crippen LogP contribution in [0.4, 0.5) is 11.4 Å². The largest absolute Gasteiger partial charge is 0.492 e. The highest BCUT2D eigenvalue weighted by molar-refractivity contribution is 9.10. The van der Waals surface area contributed by atoms with Gasteiger partial charge in [0.1, 0.15) is 10.7 Å². The van der Waals surface area contributed by atoms with Gasteiger partial charge in [-0.2, -0.15) is 0 Å². The van der Waals surface area contributed by atoms with Crippen molar-refractivity contribution in [2.24, 2.45) is 5.73 Å². The van der Waals surface area contributed by atoms with Crippen LogP contribution in [0.15, 0.2) is 46.9 Å². The molecular weight excluding hydrogens is 336 g/mol. The second-order valence-electron chi connectivity index (χ2n) is 4.11. The van der Waals surface area contributed by atoms with Crippen LogP contribution in [-0.2, 0) is 0 Å². The van der Waals surface area contributed by atoms with Crippen molar-refractivity contribution in [3.8, 4) is 5.75 Å². The number of hydrogen-bond acceptors (Lipinski definition) is 3. The highest BCUT2D eigenvalue weighted by atomic mass is 79.9. The van der Waals surface area contributed by atoms with Gasteiger partial charge in [-0.05, 0) is 37.3 Å². The molecule has 20 heavy (non-hydrogen) atoms. The van der Waals surface area contributed by atoms with E-state index in [-0.39, 0.29) is 0 Å². The van der Waals surface area contributed by atoms with E-state index in [2.05, 4.69) is 21.2 Å². The lowest BCUT2D eigenvalue weighted by Gasteiger charge is -2.15. The van der Waals surface area contributed by atoms with Gasteiger partial charge in [0.2, 0.25) is 0 Å². The van der Waals surface area contributed by atoms with Gasteiger partial charge in [-0.15, -0.1) is 0 Å². The molecule has 0 saturated heterocycles. The van der Waals surface area contributed by atoms with Crippen molar-refractivity contribution in [2.75, 3.05) is 11.9 Å². The third-order valence-corrected chi connectivity index (χ3v) is 3.42. The second kappa shape index (κ2) is 6.72. The molecule has 0 spiro atoms. The Kier molecular flexibility index (Phi) is 4.98. The molecule has 0 aromatic heterocycles. The molecule has 2 rings (SSSR count). The molecule has 0 saturated carbocycles. The summed E-state index contributed by atoms with van der Waals surface area (Å²) in [7, 11) is 0. The van der Waals surface area contributed by atoms with Gasteiger partial charge in [0, 0.05) is 15.7 Å². The summed E-state index contributed by atoms with van der Waals surface area (Å²) in [5.41, 5.74) is 8.29. The molecule has 104 valence electrons. The first-order valence-corrected chi connectivity index (χ1v) is 7.40. The van der Waals surface area contributed by atoms with Crippen molar-refractivity contribution in [1.82, 2.24) is 0 Å². The predicted octanol–water partition coefficient (Wildman–Crippen LogP) is 4.23. The molecule has 3 N–H and O–H groups in total. The van der Waals surface area contributed by atoms with E-state index in [4.69, 9.17) is 22.7 Å². The normalized spacial score (nSPS) is 10.1. The van der Waals surface area contributed by atoms with Crippen molar-refractivity contribution in [1.29, 1.82) is 0 Å². The fraction of sp³-hybridized carbons (Fsp3) is 0.133. The summed E-state index contributed by atoms with van der Waals surface area (Å²) in [6, 6.07) is 13.5. The van der Waals surface area contributed by atoms with Gasteiger partial charge in [0.25, 0.3) is 0 Å². The standard InChI is InChI=1S/C15H15BrN2OS/c1-2-19-14-6-4-3-5-12(14)18-13-9-10(16)7-8-11(13)15(17)20/h3-9,18H,2H2,1H3,(H2,17,20). The molecule has 0 amide bonds. The van der Waals surface area contributed by atoms with Crippen LogP contribution in [0.25, 0.3) is 0 Å². The van der Waals surface area contributed by atoms with Crippen molar-refractivity contribution in [2.45, 2.75) is 6.92 Å². The van der Waals surface area contributed by atoms with Crippen LogP contribution >= 0.6 is 28.1 Å². The number of thiocarbonyl (C=S) groups is 1. The SMILES string of the molecule is CCOc1ccccc1Nc1cc(Br)ccc1C(N)=S. The number of halogens is 1. The highest BCUT2D eigenvalue weighted by Crippen LogP contribution is 2.30. The second-order valence-corrected chi connectivity index (χ2v) is 5.46. The van der Waals surface area contributed by atoms with Gasteiger partial charge in [0.15, 0.2) is 0 Å². The fourth-order valence-corrected chi connectivity index (χ4v) is 2.37. The number of nitrogens with two attached hydrogens (primary N) is 1. The van der Waals surface area contributed by atoms with Crippen LogP contribution in [-0.4, -0.2) is 11.6 Å². The van der Waals surface area contributed by atoms with Crippen molar-refractivity contribution in [3.05, 3.63) is 52.5 Å². The van der Waals surface area contributed by atoms with E-state index < -0.39 is 0 Å². The average molecular weight is 351 g/mol. The topological polar surface area (TPSA) is 47.3 Å². The van der Waals surface area contributed by atoms with E-state index in [0.717, 1.165) is 27.2 Å². The minimum absolute atomic E-state index is 0.355. The van der Waals surface area contributed by atoms with E-state index in [1.165, 1.54) is 0 Å². The molecular formula is C15H15BrN2OS. The Balaban J connectivity index is 2.39. The molecule has 5 heteroatoms. The highest BCUT2D eigenvalue weighted by Gasteiger charge is 2.09. The fourth-order valence-electron chi connectivity index (χ4n) is 1.83. The molecule has 3 nitrogen and oxygen atoms in total. The number of ether oxygens (including phenoxy) is 1. The summed E-state index contributed by atoms with van der Waals surface area (Å²) in [4.78, 5) is 0.355. The minimum atomic E-state index is 0.355.